The molecule has 0 atom stereocenters. The molecule has 1 aromatic heterocycles. The van der Waals surface area contributed by atoms with E-state index in [4.69, 9.17) is 11.6 Å². The quantitative estimate of drug-likeness (QED) is 0.827. The smallest absolute Gasteiger partial charge is 0.274 e. The minimum Gasteiger partial charge on any atom is -0.508 e. The number of aromatic nitrogens is 1. The van der Waals surface area contributed by atoms with Crippen LogP contribution in [0.4, 0.5) is 5.69 Å². The Morgan fingerprint density at radius 1 is 1.26 bits per heavy atom. The van der Waals surface area contributed by atoms with Gasteiger partial charge in [0.15, 0.2) is 0 Å². The summed E-state index contributed by atoms with van der Waals surface area (Å²) in [4.78, 5) is 16.0. The Balaban J connectivity index is 2.27. The van der Waals surface area contributed by atoms with Crippen molar-refractivity contribution in [1.29, 1.82) is 0 Å². The van der Waals surface area contributed by atoms with Gasteiger partial charge in [0.1, 0.15) is 11.4 Å². The first-order valence-corrected chi connectivity index (χ1v) is 6.08. The van der Waals surface area contributed by atoms with Crippen molar-refractivity contribution in [2.45, 2.75) is 13.8 Å². The first kappa shape index (κ1) is 13.4. The molecule has 2 N–H and O–H groups in total. The number of carbonyl (C=O) groups is 1. The Kier molecular flexibility index (Phi) is 3.71. The van der Waals surface area contributed by atoms with Crippen molar-refractivity contribution in [3.05, 3.63) is 52.3 Å². The molecule has 0 radical (unpaired) electrons. The molecule has 1 aromatic carbocycles. The number of phenols is 1. The molecule has 0 aliphatic heterocycles. The van der Waals surface area contributed by atoms with E-state index in [1.807, 2.05) is 0 Å². The molecule has 1 heterocycles. The van der Waals surface area contributed by atoms with E-state index in [-0.39, 0.29) is 17.4 Å². The molecule has 0 bridgehead atoms. The standard InChI is InChI=1S/C14H13ClN2O2/c1-8-6-13(18)9(2)5-11(8)17-14(19)12-7-10(15)3-4-16-12/h3-7,18H,1-2H3,(H,17,19). The number of nitrogens with one attached hydrogen (secondary N) is 1. The topological polar surface area (TPSA) is 62.2 Å². The van der Waals surface area contributed by atoms with Gasteiger partial charge < -0.3 is 10.4 Å². The van der Waals surface area contributed by atoms with Crippen LogP contribution in [0.25, 0.3) is 0 Å². The van der Waals surface area contributed by atoms with Gasteiger partial charge in [-0.3, -0.25) is 9.78 Å². The number of halogens is 1. The number of anilines is 1. The Bertz CT molecular complexity index is 641. The van der Waals surface area contributed by atoms with Gasteiger partial charge in [-0.05, 0) is 49.2 Å². The van der Waals surface area contributed by atoms with E-state index in [2.05, 4.69) is 10.3 Å². The average molecular weight is 277 g/mol. The zero-order valence-corrected chi connectivity index (χ0v) is 11.3. The molecule has 19 heavy (non-hydrogen) atoms. The number of aromatic hydroxyl groups is 1. The van der Waals surface area contributed by atoms with Crippen molar-refractivity contribution in [2.24, 2.45) is 0 Å². The highest BCUT2D eigenvalue weighted by Gasteiger charge is 2.11. The van der Waals surface area contributed by atoms with Crippen LogP contribution in [0, 0.1) is 13.8 Å². The predicted octanol–water partition coefficient (Wildman–Crippen LogP) is 3.31. The lowest BCUT2D eigenvalue weighted by Gasteiger charge is -2.10. The number of aryl methyl sites for hydroxylation is 2. The van der Waals surface area contributed by atoms with E-state index in [1.165, 1.54) is 12.3 Å². The predicted molar refractivity (Wildman–Crippen MR) is 74.8 cm³/mol. The highest BCUT2D eigenvalue weighted by Crippen LogP contribution is 2.25. The Morgan fingerprint density at radius 3 is 2.68 bits per heavy atom. The molecule has 4 nitrogen and oxygen atoms in total. The van der Waals surface area contributed by atoms with Crippen molar-refractivity contribution in [3.8, 4) is 5.75 Å². The summed E-state index contributed by atoms with van der Waals surface area (Å²) >= 11 is 5.82. The molecule has 2 rings (SSSR count). The third-order valence-electron chi connectivity index (χ3n) is 2.75. The van der Waals surface area contributed by atoms with Gasteiger partial charge in [-0.2, -0.15) is 0 Å². The van der Waals surface area contributed by atoms with Crippen molar-refractivity contribution >= 4 is 23.2 Å². The van der Waals surface area contributed by atoms with Crippen LogP contribution in [0.1, 0.15) is 21.6 Å². The Hall–Kier alpha value is -2.07. The summed E-state index contributed by atoms with van der Waals surface area (Å²) in [5, 5.41) is 12.8. The first-order chi connectivity index (χ1) is 8.97. The molecule has 0 fully saturated rings. The van der Waals surface area contributed by atoms with E-state index in [1.54, 1.807) is 32.0 Å². The number of benzene rings is 1. The van der Waals surface area contributed by atoms with Crippen LogP contribution in [0.3, 0.4) is 0 Å². The SMILES string of the molecule is Cc1cc(NC(=O)c2cc(Cl)ccn2)c(C)cc1O. The van der Waals surface area contributed by atoms with Gasteiger partial charge >= 0.3 is 0 Å². The van der Waals surface area contributed by atoms with Crippen LogP contribution in [0.5, 0.6) is 5.75 Å². The monoisotopic (exact) mass is 276 g/mol. The van der Waals surface area contributed by atoms with E-state index in [0.29, 0.717) is 16.3 Å². The van der Waals surface area contributed by atoms with Crippen LogP contribution >= 0.6 is 11.6 Å². The van der Waals surface area contributed by atoms with Crippen LogP contribution < -0.4 is 5.32 Å². The summed E-state index contributed by atoms with van der Waals surface area (Å²) in [6.45, 7) is 3.57. The fourth-order valence-electron chi connectivity index (χ4n) is 1.65. The van der Waals surface area contributed by atoms with Crippen LogP contribution in [0.15, 0.2) is 30.5 Å². The lowest BCUT2D eigenvalue weighted by Crippen LogP contribution is -2.14. The largest absolute Gasteiger partial charge is 0.508 e. The Labute approximate surface area is 116 Å². The van der Waals surface area contributed by atoms with Crippen LogP contribution in [0.2, 0.25) is 5.02 Å². The minimum absolute atomic E-state index is 0.205. The number of hydrogen-bond donors (Lipinski definition) is 2. The average Bonchev–Trinajstić information content (AvgIpc) is 2.36. The molecule has 0 spiro atoms. The second-order valence-electron chi connectivity index (χ2n) is 4.27. The zero-order chi connectivity index (χ0) is 14.0. The molecular weight excluding hydrogens is 264 g/mol. The van der Waals surface area contributed by atoms with Crippen molar-refractivity contribution in [2.75, 3.05) is 5.32 Å². The maximum absolute atomic E-state index is 12.0. The molecule has 5 heteroatoms. The maximum Gasteiger partial charge on any atom is 0.274 e. The van der Waals surface area contributed by atoms with E-state index >= 15 is 0 Å². The lowest BCUT2D eigenvalue weighted by atomic mass is 10.1. The highest BCUT2D eigenvalue weighted by atomic mass is 35.5. The molecule has 98 valence electrons. The van der Waals surface area contributed by atoms with Crippen LogP contribution in [-0.4, -0.2) is 16.0 Å². The third kappa shape index (κ3) is 3.03. The number of carbonyl (C=O) groups excluding carboxylic acids is 1. The number of rotatable bonds is 2. The summed E-state index contributed by atoms with van der Waals surface area (Å²) < 4.78 is 0. The summed E-state index contributed by atoms with van der Waals surface area (Å²) in [6.07, 6.45) is 1.48. The Morgan fingerprint density at radius 2 is 2.00 bits per heavy atom. The third-order valence-corrected chi connectivity index (χ3v) is 2.98. The number of hydrogen-bond acceptors (Lipinski definition) is 3. The van der Waals surface area contributed by atoms with E-state index < -0.39 is 0 Å². The van der Waals surface area contributed by atoms with E-state index in [9.17, 15) is 9.90 Å². The van der Waals surface area contributed by atoms with Gasteiger partial charge in [0.05, 0.1) is 0 Å². The number of phenolic OH excluding ortho intramolecular Hbond substituents is 1. The van der Waals surface area contributed by atoms with Gasteiger partial charge in [-0.15, -0.1) is 0 Å². The first-order valence-electron chi connectivity index (χ1n) is 5.70. The summed E-state index contributed by atoms with van der Waals surface area (Å²) in [5.41, 5.74) is 2.36. The zero-order valence-electron chi connectivity index (χ0n) is 10.6. The van der Waals surface area contributed by atoms with Crippen molar-refractivity contribution < 1.29 is 9.90 Å². The van der Waals surface area contributed by atoms with Gasteiger partial charge in [0.25, 0.3) is 5.91 Å². The van der Waals surface area contributed by atoms with Gasteiger partial charge in [-0.25, -0.2) is 0 Å². The molecule has 1 amide bonds. The van der Waals surface area contributed by atoms with Gasteiger partial charge in [-0.1, -0.05) is 11.6 Å². The number of nitrogens with zero attached hydrogens (tertiary/aromatic N) is 1. The molecule has 0 aliphatic rings. The second kappa shape index (κ2) is 5.28. The molecule has 0 aliphatic carbocycles. The fourth-order valence-corrected chi connectivity index (χ4v) is 1.81. The number of pyridine rings is 1. The molecular formula is C14H13ClN2O2. The van der Waals surface area contributed by atoms with Gasteiger partial charge in [0.2, 0.25) is 0 Å². The summed E-state index contributed by atoms with van der Waals surface area (Å²) in [5.74, 6) is -0.132. The number of amides is 1. The van der Waals surface area contributed by atoms with Crippen LogP contribution in [-0.2, 0) is 0 Å². The molecule has 0 saturated carbocycles. The van der Waals surface area contributed by atoms with Crippen molar-refractivity contribution in [3.63, 3.8) is 0 Å². The van der Waals surface area contributed by atoms with Crippen molar-refractivity contribution in [1.82, 2.24) is 4.98 Å². The molecule has 2 aromatic rings. The van der Waals surface area contributed by atoms with E-state index in [0.717, 1.165) is 5.56 Å². The van der Waals surface area contributed by atoms with Gasteiger partial charge in [0, 0.05) is 16.9 Å². The highest BCUT2D eigenvalue weighted by molar-refractivity contribution is 6.30. The minimum atomic E-state index is -0.337. The molecule has 0 saturated heterocycles. The maximum atomic E-state index is 12.0. The summed E-state index contributed by atoms with van der Waals surface area (Å²) in [7, 11) is 0. The second-order valence-corrected chi connectivity index (χ2v) is 4.70. The normalized spacial score (nSPS) is 10.3. The molecule has 0 unspecified atom stereocenters. The summed E-state index contributed by atoms with van der Waals surface area (Å²) in [6, 6.07) is 6.43. The lowest BCUT2D eigenvalue weighted by molar-refractivity contribution is 0.102. The fraction of sp³-hybridized carbons (Fsp3) is 0.143.